The van der Waals surface area contributed by atoms with E-state index < -0.39 is 5.56 Å². The molecule has 0 aliphatic carbocycles. The Morgan fingerprint density at radius 1 is 1.39 bits per heavy atom. The van der Waals surface area contributed by atoms with Crippen LogP contribution >= 0.6 is 11.5 Å². The maximum Gasteiger partial charge on any atom is 0.278 e. The van der Waals surface area contributed by atoms with Crippen molar-refractivity contribution in [2.24, 2.45) is 0 Å². The second-order valence-electron chi connectivity index (χ2n) is 3.90. The molecule has 2 N–H and O–H groups in total. The summed E-state index contributed by atoms with van der Waals surface area (Å²) in [6, 6.07) is 5.10. The Bertz CT molecular complexity index is 673. The molecule has 1 aromatic heterocycles. The van der Waals surface area contributed by atoms with Crippen LogP contribution in [0.25, 0.3) is 0 Å². The van der Waals surface area contributed by atoms with Crippen LogP contribution in [0.4, 0.5) is 15.1 Å². The van der Waals surface area contributed by atoms with Crippen LogP contribution in [0.2, 0.25) is 0 Å². The maximum absolute atomic E-state index is 13.5. The SMILES string of the molecule is Cc1cc(Nc2s[nH]c(=O)c2C#N)cc(C)c1F. The third kappa shape index (κ3) is 2.13. The summed E-state index contributed by atoms with van der Waals surface area (Å²) in [6.07, 6.45) is 0. The normalized spacial score (nSPS) is 10.1. The average molecular weight is 263 g/mol. The monoisotopic (exact) mass is 263 g/mol. The van der Waals surface area contributed by atoms with Crippen LogP contribution in [-0.2, 0) is 0 Å². The van der Waals surface area contributed by atoms with Crippen molar-refractivity contribution in [1.29, 1.82) is 5.26 Å². The highest BCUT2D eigenvalue weighted by Crippen LogP contribution is 2.25. The van der Waals surface area contributed by atoms with Crippen LogP contribution in [0.1, 0.15) is 16.7 Å². The molecule has 18 heavy (non-hydrogen) atoms. The smallest absolute Gasteiger partial charge is 0.278 e. The van der Waals surface area contributed by atoms with Gasteiger partial charge in [-0.1, -0.05) is 0 Å². The lowest BCUT2D eigenvalue weighted by molar-refractivity contribution is 0.609. The van der Waals surface area contributed by atoms with Crippen LogP contribution < -0.4 is 10.9 Å². The minimum Gasteiger partial charge on any atom is -0.345 e. The standard InChI is InChI=1S/C12H10FN3OS/c1-6-3-8(4-7(2)10(6)13)15-12-9(5-14)11(17)16-18-12/h3-4,15H,1-2H3,(H,16,17). The summed E-state index contributed by atoms with van der Waals surface area (Å²) < 4.78 is 15.9. The quantitative estimate of drug-likeness (QED) is 0.875. The Morgan fingerprint density at radius 2 is 2.00 bits per heavy atom. The minimum atomic E-state index is -0.416. The van der Waals surface area contributed by atoms with E-state index in [2.05, 4.69) is 9.69 Å². The Kier molecular flexibility index (Phi) is 3.17. The van der Waals surface area contributed by atoms with Gasteiger partial charge in [-0.05, 0) is 48.6 Å². The van der Waals surface area contributed by atoms with Crippen molar-refractivity contribution in [2.45, 2.75) is 13.8 Å². The first-order valence-corrected chi connectivity index (χ1v) is 6.00. The van der Waals surface area contributed by atoms with E-state index in [-0.39, 0.29) is 11.4 Å². The van der Waals surface area contributed by atoms with E-state index >= 15 is 0 Å². The molecule has 0 amide bonds. The van der Waals surface area contributed by atoms with Crippen LogP contribution in [0.5, 0.6) is 0 Å². The van der Waals surface area contributed by atoms with Gasteiger partial charge in [0.2, 0.25) is 0 Å². The molecule has 6 heteroatoms. The molecule has 2 aromatic rings. The van der Waals surface area contributed by atoms with Crippen LogP contribution in [0.3, 0.4) is 0 Å². The van der Waals surface area contributed by atoms with Gasteiger partial charge >= 0.3 is 0 Å². The van der Waals surface area contributed by atoms with E-state index in [4.69, 9.17) is 5.26 Å². The minimum absolute atomic E-state index is 0.0413. The lowest BCUT2D eigenvalue weighted by atomic mass is 10.1. The molecule has 0 aliphatic heterocycles. The van der Waals surface area contributed by atoms with Crippen molar-refractivity contribution >= 4 is 22.2 Å². The number of rotatable bonds is 2. The second-order valence-corrected chi connectivity index (χ2v) is 4.71. The Hall–Kier alpha value is -2.13. The summed E-state index contributed by atoms with van der Waals surface area (Å²) in [5.74, 6) is -0.247. The highest BCUT2D eigenvalue weighted by Gasteiger charge is 2.11. The van der Waals surface area contributed by atoms with Crippen molar-refractivity contribution in [3.05, 3.63) is 45.0 Å². The zero-order chi connectivity index (χ0) is 13.3. The lowest BCUT2D eigenvalue weighted by Gasteiger charge is -2.07. The van der Waals surface area contributed by atoms with Gasteiger partial charge in [0.25, 0.3) is 5.56 Å². The summed E-state index contributed by atoms with van der Waals surface area (Å²) in [7, 11) is 0. The van der Waals surface area contributed by atoms with Crippen molar-refractivity contribution in [1.82, 2.24) is 4.37 Å². The fraction of sp³-hybridized carbons (Fsp3) is 0.167. The molecule has 0 spiro atoms. The molecule has 0 radical (unpaired) electrons. The van der Waals surface area contributed by atoms with E-state index in [1.807, 2.05) is 6.07 Å². The molecule has 4 nitrogen and oxygen atoms in total. The number of nitrogens with zero attached hydrogens (tertiary/aromatic N) is 1. The number of aryl methyl sites for hydroxylation is 2. The summed E-state index contributed by atoms with van der Waals surface area (Å²) in [5.41, 5.74) is 1.30. The summed E-state index contributed by atoms with van der Waals surface area (Å²) in [6.45, 7) is 3.33. The molecule has 0 aliphatic rings. The van der Waals surface area contributed by atoms with Crippen LogP contribution in [0.15, 0.2) is 16.9 Å². The number of H-pyrrole nitrogens is 1. The van der Waals surface area contributed by atoms with Crippen molar-refractivity contribution in [3.63, 3.8) is 0 Å². The molecule has 0 atom stereocenters. The number of nitriles is 1. The zero-order valence-electron chi connectivity index (χ0n) is 9.80. The van der Waals surface area contributed by atoms with Crippen LogP contribution in [0, 0.1) is 31.0 Å². The first-order valence-electron chi connectivity index (χ1n) is 5.18. The highest BCUT2D eigenvalue weighted by molar-refractivity contribution is 7.10. The second kappa shape index (κ2) is 4.63. The Balaban J connectivity index is 2.41. The van der Waals surface area contributed by atoms with Gasteiger partial charge in [-0.25, -0.2) is 4.39 Å². The summed E-state index contributed by atoms with van der Waals surface area (Å²) in [4.78, 5) is 11.3. The van der Waals surface area contributed by atoms with Gasteiger partial charge in [-0.2, -0.15) is 5.26 Å². The number of halogens is 1. The van der Waals surface area contributed by atoms with Gasteiger partial charge < -0.3 is 5.32 Å². The zero-order valence-corrected chi connectivity index (χ0v) is 10.6. The van der Waals surface area contributed by atoms with Gasteiger partial charge in [0.05, 0.1) is 0 Å². The first kappa shape index (κ1) is 12.3. The third-order valence-electron chi connectivity index (χ3n) is 2.51. The van der Waals surface area contributed by atoms with Gasteiger partial charge in [-0.15, -0.1) is 0 Å². The lowest BCUT2D eigenvalue weighted by Crippen LogP contribution is -2.03. The highest BCUT2D eigenvalue weighted by atomic mass is 32.1. The Morgan fingerprint density at radius 3 is 2.56 bits per heavy atom. The molecule has 1 aromatic carbocycles. The summed E-state index contributed by atoms with van der Waals surface area (Å²) >= 11 is 1.05. The molecular formula is C12H10FN3OS. The molecule has 92 valence electrons. The van der Waals surface area contributed by atoms with Gasteiger partial charge in [0, 0.05) is 5.69 Å². The molecule has 1 heterocycles. The van der Waals surface area contributed by atoms with Gasteiger partial charge in [0.1, 0.15) is 16.9 Å². The van der Waals surface area contributed by atoms with Crippen molar-refractivity contribution in [3.8, 4) is 6.07 Å². The average Bonchev–Trinajstić information content (AvgIpc) is 2.66. The number of aromatic nitrogens is 1. The maximum atomic E-state index is 13.5. The summed E-state index contributed by atoms with van der Waals surface area (Å²) in [5, 5.41) is 12.2. The number of hydrogen-bond donors (Lipinski definition) is 2. The fourth-order valence-corrected chi connectivity index (χ4v) is 2.35. The fourth-order valence-electron chi connectivity index (χ4n) is 1.64. The van der Waals surface area contributed by atoms with Crippen molar-refractivity contribution in [2.75, 3.05) is 5.32 Å². The van der Waals surface area contributed by atoms with E-state index in [9.17, 15) is 9.18 Å². The Labute approximate surface area is 107 Å². The number of hydrogen-bond acceptors (Lipinski definition) is 4. The van der Waals surface area contributed by atoms with E-state index in [1.54, 1.807) is 26.0 Å². The van der Waals surface area contributed by atoms with Crippen molar-refractivity contribution < 1.29 is 4.39 Å². The van der Waals surface area contributed by atoms with E-state index in [0.717, 1.165) is 11.5 Å². The number of aromatic amines is 1. The molecule has 0 unspecified atom stereocenters. The van der Waals surface area contributed by atoms with E-state index in [0.29, 0.717) is 21.8 Å². The molecule has 2 rings (SSSR count). The molecule has 0 saturated heterocycles. The predicted molar refractivity (Wildman–Crippen MR) is 68.8 cm³/mol. The third-order valence-corrected chi connectivity index (χ3v) is 3.30. The largest absolute Gasteiger partial charge is 0.345 e. The predicted octanol–water partition coefficient (Wildman–Crippen LogP) is 2.81. The van der Waals surface area contributed by atoms with Gasteiger partial charge in [0.15, 0.2) is 5.56 Å². The van der Waals surface area contributed by atoms with E-state index in [1.165, 1.54) is 0 Å². The van der Waals surface area contributed by atoms with Crippen LogP contribution in [-0.4, -0.2) is 4.37 Å². The molecular weight excluding hydrogens is 253 g/mol. The first-order chi connectivity index (χ1) is 8.52. The topological polar surface area (TPSA) is 68.7 Å². The number of anilines is 2. The molecule has 0 fully saturated rings. The number of nitrogens with one attached hydrogen (secondary N) is 2. The van der Waals surface area contributed by atoms with Gasteiger partial charge in [-0.3, -0.25) is 9.17 Å². The number of benzene rings is 1. The molecule has 0 saturated carbocycles. The molecule has 0 bridgehead atoms.